The van der Waals surface area contributed by atoms with E-state index < -0.39 is 17.5 Å². The average Bonchev–Trinajstić information content (AvgIpc) is 3.68. The van der Waals surface area contributed by atoms with Crippen LogP contribution in [0.25, 0.3) is 20.9 Å². The zero-order valence-corrected chi connectivity index (χ0v) is 22.1. The largest absolute Gasteiger partial charge is 0.463 e. The first kappa shape index (κ1) is 24.7. The maximum atomic E-state index is 13.2. The summed E-state index contributed by atoms with van der Waals surface area (Å²) in [6.07, 6.45) is 2.08. The summed E-state index contributed by atoms with van der Waals surface area (Å²) in [5.41, 5.74) is 2.24. The van der Waals surface area contributed by atoms with Crippen molar-refractivity contribution in [3.8, 4) is 10.6 Å². The minimum Gasteiger partial charge on any atom is -0.463 e. The highest BCUT2D eigenvalue weighted by Gasteiger charge is 2.35. The lowest BCUT2D eigenvalue weighted by atomic mass is 9.89. The summed E-state index contributed by atoms with van der Waals surface area (Å²) in [4.78, 5) is 34.0. The molecular weight excluding hydrogens is 510 g/mol. The Bertz CT molecular complexity index is 1510. The van der Waals surface area contributed by atoms with Crippen LogP contribution in [0.2, 0.25) is 0 Å². The molecule has 11 heteroatoms. The highest BCUT2D eigenvalue weighted by atomic mass is 32.1. The zero-order chi connectivity index (χ0) is 26.4. The molecule has 198 valence electrons. The SMILES string of the molecule is COC(=O)c1ccc(-c2sc3nc(N4CCOCC4)c4c(c3c2NC(=O)c2ccco2)CC(C)(C)OC4)o1. The van der Waals surface area contributed by atoms with Crippen LogP contribution in [0.1, 0.15) is 46.1 Å². The fraction of sp³-hybridized carbons (Fsp3) is 0.370. The van der Waals surface area contributed by atoms with Gasteiger partial charge in [0.15, 0.2) is 5.76 Å². The number of amides is 1. The average molecular weight is 538 g/mol. The first-order valence-electron chi connectivity index (χ1n) is 12.3. The molecule has 1 N–H and O–H groups in total. The van der Waals surface area contributed by atoms with Gasteiger partial charge in [-0.05, 0) is 43.7 Å². The van der Waals surface area contributed by atoms with Crippen molar-refractivity contribution in [2.24, 2.45) is 0 Å². The number of methoxy groups -OCH3 is 1. The second-order valence-corrected chi connectivity index (χ2v) is 10.8. The number of aromatic nitrogens is 1. The Balaban J connectivity index is 1.58. The second-order valence-electron chi connectivity index (χ2n) is 9.79. The first-order chi connectivity index (χ1) is 18.3. The molecule has 0 bridgehead atoms. The van der Waals surface area contributed by atoms with E-state index in [0.29, 0.717) is 42.6 Å². The molecule has 4 aromatic heterocycles. The van der Waals surface area contributed by atoms with Crippen LogP contribution in [0, 0.1) is 0 Å². The van der Waals surface area contributed by atoms with E-state index in [9.17, 15) is 9.59 Å². The van der Waals surface area contributed by atoms with Crippen LogP contribution >= 0.6 is 11.3 Å². The molecule has 38 heavy (non-hydrogen) atoms. The van der Waals surface area contributed by atoms with Crippen molar-refractivity contribution in [2.75, 3.05) is 43.6 Å². The number of rotatable bonds is 5. The van der Waals surface area contributed by atoms with Gasteiger partial charge in [-0.2, -0.15) is 0 Å². The highest BCUT2D eigenvalue weighted by Crippen LogP contribution is 2.48. The number of esters is 1. The predicted octanol–water partition coefficient (Wildman–Crippen LogP) is 4.88. The van der Waals surface area contributed by atoms with E-state index in [0.717, 1.165) is 40.3 Å². The third-order valence-corrected chi connectivity index (χ3v) is 7.85. The number of morpholine rings is 1. The lowest BCUT2D eigenvalue weighted by Crippen LogP contribution is -2.39. The number of hydrogen-bond acceptors (Lipinski definition) is 10. The Kier molecular flexibility index (Phi) is 6.21. The van der Waals surface area contributed by atoms with Gasteiger partial charge in [-0.3, -0.25) is 4.79 Å². The van der Waals surface area contributed by atoms with Crippen LogP contribution in [0.4, 0.5) is 11.5 Å². The lowest BCUT2D eigenvalue weighted by Gasteiger charge is -2.36. The summed E-state index contributed by atoms with van der Waals surface area (Å²) in [5.74, 6) is 0.576. The number of pyridine rings is 1. The number of fused-ring (bicyclic) bond motifs is 3. The summed E-state index contributed by atoms with van der Waals surface area (Å²) in [6, 6.07) is 6.52. The fourth-order valence-electron chi connectivity index (χ4n) is 4.90. The quantitative estimate of drug-likeness (QED) is 0.356. The molecule has 6 heterocycles. The zero-order valence-electron chi connectivity index (χ0n) is 21.3. The van der Waals surface area contributed by atoms with Crippen LogP contribution in [-0.4, -0.2) is 55.9 Å². The van der Waals surface area contributed by atoms with E-state index in [4.69, 9.17) is 28.0 Å². The lowest BCUT2D eigenvalue weighted by molar-refractivity contribution is -0.0396. The Hall–Kier alpha value is -3.67. The van der Waals surface area contributed by atoms with Gasteiger partial charge in [0.1, 0.15) is 16.4 Å². The van der Waals surface area contributed by atoms with Gasteiger partial charge >= 0.3 is 5.97 Å². The molecule has 10 nitrogen and oxygen atoms in total. The molecule has 2 aliphatic rings. The van der Waals surface area contributed by atoms with Crippen molar-refractivity contribution in [3.63, 3.8) is 0 Å². The van der Waals surface area contributed by atoms with Crippen molar-refractivity contribution < 1.29 is 32.6 Å². The van der Waals surface area contributed by atoms with Crippen LogP contribution in [0.5, 0.6) is 0 Å². The number of anilines is 2. The summed E-state index contributed by atoms with van der Waals surface area (Å²) in [5, 5.41) is 3.89. The van der Waals surface area contributed by atoms with Crippen molar-refractivity contribution >= 4 is 44.9 Å². The molecule has 2 aliphatic heterocycles. The van der Waals surface area contributed by atoms with Gasteiger partial charge in [-0.25, -0.2) is 9.78 Å². The normalized spacial score (nSPS) is 16.9. The molecule has 1 saturated heterocycles. The third-order valence-electron chi connectivity index (χ3n) is 6.75. The summed E-state index contributed by atoms with van der Waals surface area (Å²) in [7, 11) is 1.30. The Morgan fingerprint density at radius 2 is 1.95 bits per heavy atom. The maximum absolute atomic E-state index is 13.2. The van der Waals surface area contributed by atoms with Gasteiger partial charge in [0, 0.05) is 30.5 Å². The second kappa shape index (κ2) is 9.57. The van der Waals surface area contributed by atoms with Crippen molar-refractivity contribution in [1.82, 2.24) is 4.98 Å². The van der Waals surface area contributed by atoms with Gasteiger partial charge in [-0.15, -0.1) is 11.3 Å². The minimum atomic E-state index is -0.581. The van der Waals surface area contributed by atoms with E-state index in [-0.39, 0.29) is 11.5 Å². The van der Waals surface area contributed by atoms with Crippen LogP contribution < -0.4 is 10.2 Å². The fourth-order valence-corrected chi connectivity index (χ4v) is 6.02. The number of nitrogens with zero attached hydrogens (tertiary/aromatic N) is 2. The van der Waals surface area contributed by atoms with E-state index in [1.165, 1.54) is 24.7 Å². The third kappa shape index (κ3) is 4.36. The molecule has 1 fully saturated rings. The number of nitrogens with one attached hydrogen (secondary N) is 1. The number of carbonyl (C=O) groups excluding carboxylic acids is 2. The monoisotopic (exact) mass is 537 g/mol. The first-order valence-corrected chi connectivity index (χ1v) is 13.1. The highest BCUT2D eigenvalue weighted by molar-refractivity contribution is 7.22. The van der Waals surface area contributed by atoms with Crippen molar-refractivity contribution in [3.05, 3.63) is 53.2 Å². The molecular formula is C27H27N3O7S. The summed E-state index contributed by atoms with van der Waals surface area (Å²) in [6.45, 7) is 7.24. The van der Waals surface area contributed by atoms with E-state index in [1.807, 2.05) is 0 Å². The summed E-state index contributed by atoms with van der Waals surface area (Å²) >= 11 is 1.40. The van der Waals surface area contributed by atoms with Crippen LogP contribution in [0.15, 0.2) is 39.4 Å². The molecule has 0 saturated carbocycles. The molecule has 0 unspecified atom stereocenters. The molecule has 0 spiro atoms. The number of furan rings is 2. The number of ether oxygens (including phenoxy) is 3. The number of carbonyl (C=O) groups is 2. The van der Waals surface area contributed by atoms with Gasteiger partial charge in [0.2, 0.25) is 5.76 Å². The molecule has 0 aliphatic carbocycles. The van der Waals surface area contributed by atoms with E-state index in [1.54, 1.807) is 24.3 Å². The van der Waals surface area contributed by atoms with E-state index in [2.05, 4.69) is 24.1 Å². The summed E-state index contributed by atoms with van der Waals surface area (Å²) < 4.78 is 27.8. The predicted molar refractivity (Wildman–Crippen MR) is 141 cm³/mol. The standard InChI is InChI=1S/C27H27N3O7S/c1-27(2)13-15-16(14-36-27)23(30-8-11-34-12-9-30)29-25-20(15)21(28-24(31)18-5-4-10-35-18)22(38-25)17-6-7-19(37-17)26(32)33-3/h4-7,10H,8-9,11-14H2,1-3H3,(H,28,31). The van der Waals surface area contributed by atoms with Crippen molar-refractivity contribution in [2.45, 2.75) is 32.5 Å². The molecule has 4 aromatic rings. The number of thiophene rings is 1. The van der Waals surface area contributed by atoms with Crippen LogP contribution in [-0.2, 0) is 27.2 Å². The van der Waals surface area contributed by atoms with Gasteiger partial charge in [-0.1, -0.05) is 0 Å². The number of hydrogen-bond donors (Lipinski definition) is 1. The Morgan fingerprint density at radius 1 is 1.13 bits per heavy atom. The topological polar surface area (TPSA) is 116 Å². The smallest absolute Gasteiger partial charge is 0.373 e. The Labute approximate surface area is 222 Å². The minimum absolute atomic E-state index is 0.0711. The molecule has 0 aromatic carbocycles. The maximum Gasteiger partial charge on any atom is 0.373 e. The molecule has 1 amide bonds. The molecule has 0 radical (unpaired) electrons. The van der Waals surface area contributed by atoms with E-state index >= 15 is 0 Å². The molecule has 0 atom stereocenters. The Morgan fingerprint density at radius 3 is 2.68 bits per heavy atom. The molecule has 6 rings (SSSR count). The van der Waals surface area contributed by atoms with Crippen molar-refractivity contribution in [1.29, 1.82) is 0 Å². The van der Waals surface area contributed by atoms with Crippen LogP contribution in [0.3, 0.4) is 0 Å². The van der Waals surface area contributed by atoms with Gasteiger partial charge in [0.25, 0.3) is 5.91 Å². The van der Waals surface area contributed by atoms with Gasteiger partial charge < -0.3 is 33.3 Å². The van der Waals surface area contributed by atoms with Gasteiger partial charge in [0.05, 0.1) is 49.4 Å².